The van der Waals surface area contributed by atoms with E-state index in [0.717, 1.165) is 11.3 Å². The maximum atomic E-state index is 5.11. The molecule has 0 aliphatic carbocycles. The Balaban J connectivity index is 3.05. The molecule has 122 valence electrons. The van der Waals surface area contributed by atoms with Crippen LogP contribution in [-0.2, 0) is 0 Å². The van der Waals surface area contributed by atoms with Gasteiger partial charge in [0.2, 0.25) is 12.2 Å². The van der Waals surface area contributed by atoms with Crippen molar-refractivity contribution in [3.8, 4) is 95.0 Å². The lowest BCUT2D eigenvalue weighted by Crippen LogP contribution is -2.99. The van der Waals surface area contributed by atoms with Crippen LogP contribution in [0.2, 0.25) is 0 Å². The number of hydrogen-bond acceptors (Lipinski definition) is 0. The van der Waals surface area contributed by atoms with Crippen molar-refractivity contribution in [1.29, 1.82) is 0 Å². The predicted octanol–water partition coefficient (Wildman–Crippen LogP) is 1.43. The van der Waals surface area contributed by atoms with Gasteiger partial charge in [-0.3, -0.25) is 0 Å². The third kappa shape index (κ3) is 9.30. The number of aryl methyl sites for hydroxylation is 1. The van der Waals surface area contributed by atoms with Crippen LogP contribution in [0.3, 0.4) is 0 Å². The highest BCUT2D eigenvalue weighted by molar-refractivity contribution is 5.44. The first-order valence-corrected chi connectivity index (χ1v) is 7.82. The zero-order valence-electron chi connectivity index (χ0n) is 15.1. The zero-order valence-corrected chi connectivity index (χ0v) is 15.1. The smallest absolute Gasteiger partial charge is 0.148 e. The van der Waals surface area contributed by atoms with Crippen molar-refractivity contribution in [3.63, 3.8) is 0 Å². The minimum Gasteiger partial charge on any atom is -0.148 e. The van der Waals surface area contributed by atoms with Crippen molar-refractivity contribution in [2.24, 2.45) is 0 Å². The van der Waals surface area contributed by atoms with Crippen LogP contribution in [0.25, 0.3) is 0 Å². The van der Waals surface area contributed by atoms with Gasteiger partial charge in [0.05, 0.1) is 25.0 Å². The second-order valence-corrected chi connectivity index (χ2v) is 4.56. The number of nitrogens with one attached hydrogen (secondary N) is 1. The van der Waals surface area contributed by atoms with Crippen LogP contribution in [0, 0.1) is 115 Å². The summed E-state index contributed by atoms with van der Waals surface area (Å²) in [4.78, 5) is 0.609. The Labute approximate surface area is 167 Å². The van der Waals surface area contributed by atoms with Gasteiger partial charge in [-0.05, 0) is 6.92 Å². The molecule has 0 spiro atoms. The highest BCUT2D eigenvalue weighted by Crippen LogP contribution is 2.07. The highest BCUT2D eigenvalue weighted by Gasteiger charge is 2.09. The Morgan fingerprint density at radius 1 is 0.643 bits per heavy atom. The molecular weight excluding hydrogens is 338 g/mol. The summed E-state index contributed by atoms with van der Waals surface area (Å²) in [7, 11) is 0. The Kier molecular flexibility index (Phi) is 10.7. The van der Waals surface area contributed by atoms with E-state index >= 15 is 0 Å². The van der Waals surface area contributed by atoms with E-state index in [1.807, 2.05) is 31.2 Å². The van der Waals surface area contributed by atoms with E-state index < -0.39 is 0 Å². The van der Waals surface area contributed by atoms with Gasteiger partial charge in [-0.1, -0.05) is 18.2 Å². The van der Waals surface area contributed by atoms with Gasteiger partial charge in [0.1, 0.15) is 11.8 Å². The van der Waals surface area contributed by atoms with E-state index in [0.29, 0.717) is 4.90 Å². The summed E-state index contributed by atoms with van der Waals surface area (Å²) < 4.78 is 0. The summed E-state index contributed by atoms with van der Waals surface area (Å²) >= 11 is 0. The summed E-state index contributed by atoms with van der Waals surface area (Å²) in [6.45, 7) is 12.2. The molecule has 0 radical (unpaired) electrons. The normalized spacial score (nSPS) is 7.39. The molecule has 0 heterocycles. The van der Waals surface area contributed by atoms with Crippen molar-refractivity contribution in [2.45, 2.75) is 6.92 Å². The molecule has 0 fully saturated rings. The predicted molar refractivity (Wildman–Crippen MR) is 112 cm³/mol. The molecule has 1 nitrogen and oxygen atoms in total. The van der Waals surface area contributed by atoms with E-state index in [4.69, 9.17) is 13.2 Å². The van der Waals surface area contributed by atoms with E-state index in [9.17, 15) is 0 Å². The maximum absolute atomic E-state index is 5.11. The molecule has 1 aromatic rings. The lowest BCUT2D eigenvalue weighted by atomic mass is 10.2. The fraction of sp³-hybridized carbons (Fsp3) is 0.0370. The van der Waals surface area contributed by atoms with Crippen molar-refractivity contribution < 1.29 is 4.90 Å². The first-order chi connectivity index (χ1) is 13.8. The van der Waals surface area contributed by atoms with Gasteiger partial charge in [-0.15, -0.1) is 4.90 Å². The monoisotopic (exact) mass is 350 g/mol. The molecule has 1 heteroatoms. The quantitative estimate of drug-likeness (QED) is 0.577. The van der Waals surface area contributed by atoms with Gasteiger partial charge in [0, 0.05) is 59.0 Å². The molecule has 1 aromatic carbocycles. The van der Waals surface area contributed by atoms with Crippen LogP contribution in [-0.4, -0.2) is 0 Å². The molecular formula is C27H12N+3. The molecule has 0 bridgehead atoms. The first-order valence-electron chi connectivity index (χ1n) is 7.82. The number of para-hydroxylation sites is 1. The number of hydrogen-bond donors (Lipinski definition) is 1. The number of benzene rings is 1. The average Bonchev–Trinajstić information content (AvgIpc) is 2.71. The second kappa shape index (κ2) is 14.3. The van der Waals surface area contributed by atoms with Gasteiger partial charge in [0.15, 0.2) is 29.6 Å². The topological polar surface area (TPSA) is 4.44 Å². The van der Waals surface area contributed by atoms with Crippen LogP contribution in [0.1, 0.15) is 5.56 Å². The summed E-state index contributed by atoms with van der Waals surface area (Å²) in [5.74, 6) is 36.1. The number of rotatable bonds is 1. The first kappa shape index (κ1) is 21.0. The van der Waals surface area contributed by atoms with Gasteiger partial charge in [0.25, 0.3) is 0 Å². The fourth-order valence-electron chi connectivity index (χ4n) is 1.61. The molecule has 0 aliphatic rings. The molecule has 0 saturated carbocycles. The van der Waals surface area contributed by atoms with E-state index in [1.54, 1.807) is 0 Å². The Hall–Kier alpha value is -5.04. The van der Waals surface area contributed by atoms with E-state index in [1.165, 1.54) is 12.2 Å². The van der Waals surface area contributed by atoms with Gasteiger partial charge in [-0.25, -0.2) is 0 Å². The van der Waals surface area contributed by atoms with E-state index in [-0.39, 0.29) is 0 Å². The summed E-state index contributed by atoms with van der Waals surface area (Å²) in [5.41, 5.74) is 1.96. The molecule has 0 atom stereocenters. The average molecular weight is 350 g/mol. The van der Waals surface area contributed by atoms with E-state index in [2.05, 4.69) is 95.0 Å². The maximum Gasteiger partial charge on any atom is 0.222 e. The fourth-order valence-corrected chi connectivity index (χ4v) is 1.61. The molecule has 28 heavy (non-hydrogen) atoms. The third-order valence-electron chi connectivity index (χ3n) is 2.73. The molecule has 0 aliphatic heterocycles. The number of allylic oxidation sites excluding steroid dienone is 2. The summed E-state index contributed by atoms with van der Waals surface area (Å²) in [6, 6.07) is 13.7. The minimum atomic E-state index is 0.609. The van der Waals surface area contributed by atoms with Crippen molar-refractivity contribution in [2.75, 3.05) is 0 Å². The van der Waals surface area contributed by atoms with Crippen LogP contribution < -0.4 is 4.90 Å². The van der Waals surface area contributed by atoms with Crippen molar-refractivity contribution in [1.82, 2.24) is 0 Å². The Bertz CT molecular complexity index is 1170. The molecule has 0 amide bonds. The SMILES string of the molecule is [CH+]=CC#CC#CC#CC#C[NH+](C#CC#CC#CC#CC=[CH+])c1ccccc1C. The lowest BCUT2D eigenvalue weighted by Gasteiger charge is -2.04. The highest BCUT2D eigenvalue weighted by atomic mass is 15.1. The standard InChI is InChI=1S/C27H11N/c1-4-6-8-10-12-14-16-20-24-28(27-23-19-18-22-26(27)3)25-21-17-15-13-11-9-7-5-2/h1-2,4-5,18-19,22-23H,3H3/q+2/p+1. The second-order valence-electron chi connectivity index (χ2n) is 4.56. The van der Waals surface area contributed by atoms with Gasteiger partial charge < -0.3 is 0 Å². The molecule has 0 aromatic heterocycles. The minimum absolute atomic E-state index is 0.609. The van der Waals surface area contributed by atoms with Crippen LogP contribution in [0.15, 0.2) is 36.4 Å². The van der Waals surface area contributed by atoms with Crippen molar-refractivity contribution in [3.05, 3.63) is 55.1 Å². The lowest BCUT2D eigenvalue weighted by molar-refractivity contribution is -0.674. The zero-order chi connectivity index (χ0) is 20.3. The molecule has 0 saturated heterocycles. The Morgan fingerprint density at radius 3 is 1.54 bits per heavy atom. The molecule has 1 rings (SSSR count). The summed E-state index contributed by atoms with van der Waals surface area (Å²) in [6.07, 6.45) is 2.43. The largest absolute Gasteiger partial charge is 0.222 e. The van der Waals surface area contributed by atoms with Crippen LogP contribution >= 0.6 is 0 Å². The number of quaternary nitrogens is 1. The summed E-state index contributed by atoms with van der Waals surface area (Å²) in [5, 5.41) is 0. The van der Waals surface area contributed by atoms with Crippen molar-refractivity contribution >= 4 is 5.69 Å². The third-order valence-corrected chi connectivity index (χ3v) is 2.73. The molecule has 0 unspecified atom stereocenters. The van der Waals surface area contributed by atoms with Crippen LogP contribution in [0.4, 0.5) is 5.69 Å². The molecule has 1 N–H and O–H groups in total. The van der Waals surface area contributed by atoms with Gasteiger partial charge >= 0.3 is 0 Å². The Morgan fingerprint density at radius 2 is 1.07 bits per heavy atom. The van der Waals surface area contributed by atoms with Crippen LogP contribution in [0.5, 0.6) is 0 Å². The van der Waals surface area contributed by atoms with Gasteiger partial charge in [-0.2, -0.15) is 0 Å².